The van der Waals surface area contributed by atoms with E-state index in [4.69, 9.17) is 4.74 Å². The number of methoxy groups -OCH3 is 1. The molecule has 0 atom stereocenters. The number of ether oxygens (including phenoxy) is 1. The Balaban J connectivity index is 2.29. The van der Waals surface area contributed by atoms with Crippen LogP contribution < -0.4 is 10.1 Å². The van der Waals surface area contributed by atoms with Crippen LogP contribution in [0.5, 0.6) is 5.75 Å². The van der Waals surface area contributed by atoms with E-state index in [1.807, 2.05) is 49.9 Å². The topological polar surface area (TPSA) is 72.3 Å². The van der Waals surface area contributed by atoms with Gasteiger partial charge in [0, 0.05) is 24.8 Å². The molecule has 0 radical (unpaired) electrons. The van der Waals surface area contributed by atoms with E-state index < -0.39 is 0 Å². The van der Waals surface area contributed by atoms with E-state index in [1.54, 1.807) is 18.9 Å². The van der Waals surface area contributed by atoms with Crippen molar-refractivity contribution in [2.75, 3.05) is 33.5 Å². The smallest absolute Gasteiger partial charge is 0.220 e. The van der Waals surface area contributed by atoms with Gasteiger partial charge < -0.3 is 15.0 Å². The van der Waals surface area contributed by atoms with Gasteiger partial charge in [0.15, 0.2) is 11.0 Å². The van der Waals surface area contributed by atoms with Crippen molar-refractivity contribution in [3.63, 3.8) is 0 Å². The molecule has 2 rings (SSSR count). The molecule has 1 amide bonds. The highest BCUT2D eigenvalue weighted by Gasteiger charge is 2.15. The Bertz CT molecular complexity index is 702. The standard InChI is InChI=1S/C17H25N5O2S/c1-5-16(23)18-12-15-19-20-17(25-10-9-21(2)3)22(15)13-7-6-8-14(11-13)24-4/h6-8,11H,5,9-10,12H2,1-4H3,(H,18,23). The first kappa shape index (κ1) is 19.3. The van der Waals surface area contributed by atoms with Gasteiger partial charge in [-0.1, -0.05) is 24.8 Å². The number of nitrogens with one attached hydrogen (secondary N) is 1. The van der Waals surface area contributed by atoms with E-state index in [1.165, 1.54) is 0 Å². The third-order valence-electron chi connectivity index (χ3n) is 3.55. The maximum Gasteiger partial charge on any atom is 0.220 e. The molecule has 0 saturated heterocycles. The molecule has 1 heterocycles. The van der Waals surface area contributed by atoms with Crippen LogP contribution in [0.2, 0.25) is 0 Å². The number of hydrogen-bond acceptors (Lipinski definition) is 6. The summed E-state index contributed by atoms with van der Waals surface area (Å²) < 4.78 is 7.29. The molecule has 1 aromatic carbocycles. The molecule has 0 fully saturated rings. The van der Waals surface area contributed by atoms with Crippen molar-refractivity contribution in [1.29, 1.82) is 0 Å². The summed E-state index contributed by atoms with van der Waals surface area (Å²) in [4.78, 5) is 13.7. The summed E-state index contributed by atoms with van der Waals surface area (Å²) in [5.74, 6) is 2.35. The zero-order valence-electron chi connectivity index (χ0n) is 15.2. The Kier molecular flexibility index (Phi) is 7.27. The SMILES string of the molecule is CCC(=O)NCc1nnc(SCCN(C)C)n1-c1cccc(OC)c1. The highest BCUT2D eigenvalue weighted by Crippen LogP contribution is 2.24. The van der Waals surface area contributed by atoms with Crippen LogP contribution in [0.4, 0.5) is 0 Å². The number of thioether (sulfide) groups is 1. The second-order valence-corrected chi connectivity index (χ2v) is 6.78. The summed E-state index contributed by atoms with van der Waals surface area (Å²) in [7, 11) is 5.72. The molecule has 8 heteroatoms. The summed E-state index contributed by atoms with van der Waals surface area (Å²) in [6.45, 7) is 3.10. The lowest BCUT2D eigenvalue weighted by Gasteiger charge is -2.13. The number of carbonyl (C=O) groups excluding carboxylic acids is 1. The molecular formula is C17H25N5O2S. The van der Waals surface area contributed by atoms with Gasteiger partial charge in [-0.2, -0.15) is 0 Å². The molecule has 2 aromatic rings. The van der Waals surface area contributed by atoms with E-state index in [9.17, 15) is 4.79 Å². The van der Waals surface area contributed by atoms with Gasteiger partial charge in [0.2, 0.25) is 5.91 Å². The van der Waals surface area contributed by atoms with Crippen molar-refractivity contribution in [3.8, 4) is 11.4 Å². The highest BCUT2D eigenvalue weighted by atomic mass is 32.2. The third-order valence-corrected chi connectivity index (χ3v) is 4.46. The highest BCUT2D eigenvalue weighted by molar-refractivity contribution is 7.99. The van der Waals surface area contributed by atoms with Crippen LogP contribution >= 0.6 is 11.8 Å². The summed E-state index contributed by atoms with van der Waals surface area (Å²) in [6.07, 6.45) is 0.442. The fourth-order valence-electron chi connectivity index (χ4n) is 2.14. The van der Waals surface area contributed by atoms with Crippen LogP contribution in [-0.2, 0) is 11.3 Å². The van der Waals surface area contributed by atoms with Crippen molar-refractivity contribution in [1.82, 2.24) is 25.0 Å². The number of aromatic nitrogens is 3. The van der Waals surface area contributed by atoms with Gasteiger partial charge in [0.1, 0.15) is 5.75 Å². The summed E-state index contributed by atoms with van der Waals surface area (Å²) >= 11 is 1.64. The average molecular weight is 363 g/mol. The van der Waals surface area contributed by atoms with Crippen LogP contribution in [0.15, 0.2) is 29.4 Å². The number of hydrogen-bond donors (Lipinski definition) is 1. The van der Waals surface area contributed by atoms with E-state index in [0.29, 0.717) is 18.8 Å². The van der Waals surface area contributed by atoms with Crippen molar-refractivity contribution < 1.29 is 9.53 Å². The molecule has 0 aliphatic rings. The molecule has 0 unspecified atom stereocenters. The van der Waals surface area contributed by atoms with Crippen LogP contribution in [0.3, 0.4) is 0 Å². The molecule has 0 saturated carbocycles. The Morgan fingerprint density at radius 3 is 2.84 bits per heavy atom. The summed E-state index contributed by atoms with van der Waals surface area (Å²) in [6, 6.07) is 7.74. The fraction of sp³-hybridized carbons (Fsp3) is 0.471. The first-order chi connectivity index (χ1) is 12.0. The molecule has 0 aliphatic carbocycles. The van der Waals surface area contributed by atoms with Crippen molar-refractivity contribution >= 4 is 17.7 Å². The van der Waals surface area contributed by atoms with E-state index in [0.717, 1.165) is 28.9 Å². The predicted molar refractivity (Wildman–Crippen MR) is 99.3 cm³/mol. The largest absolute Gasteiger partial charge is 0.497 e. The Hall–Kier alpha value is -2.06. The van der Waals surface area contributed by atoms with Gasteiger partial charge in [0.25, 0.3) is 0 Å². The van der Waals surface area contributed by atoms with Gasteiger partial charge in [-0.05, 0) is 26.2 Å². The normalized spacial score (nSPS) is 10.9. The number of nitrogens with zero attached hydrogens (tertiary/aromatic N) is 4. The maximum absolute atomic E-state index is 11.6. The molecule has 7 nitrogen and oxygen atoms in total. The van der Waals surface area contributed by atoms with E-state index >= 15 is 0 Å². The molecule has 0 aliphatic heterocycles. The molecular weight excluding hydrogens is 338 g/mol. The Morgan fingerprint density at radius 2 is 2.16 bits per heavy atom. The first-order valence-corrected chi connectivity index (χ1v) is 9.16. The fourth-order valence-corrected chi connectivity index (χ4v) is 3.22. The molecule has 136 valence electrons. The second kappa shape index (κ2) is 9.43. The molecule has 1 aromatic heterocycles. The number of carbonyl (C=O) groups is 1. The number of rotatable bonds is 9. The minimum Gasteiger partial charge on any atom is -0.497 e. The van der Waals surface area contributed by atoms with Crippen LogP contribution in [-0.4, -0.2) is 59.1 Å². The lowest BCUT2D eigenvalue weighted by Crippen LogP contribution is -2.23. The average Bonchev–Trinajstić information content (AvgIpc) is 3.02. The molecule has 0 bridgehead atoms. The summed E-state index contributed by atoms with van der Waals surface area (Å²) in [5, 5.41) is 12.3. The lowest BCUT2D eigenvalue weighted by molar-refractivity contribution is -0.120. The second-order valence-electron chi connectivity index (χ2n) is 5.72. The Labute approximate surface area is 152 Å². The molecule has 1 N–H and O–H groups in total. The van der Waals surface area contributed by atoms with Crippen LogP contribution in [0, 0.1) is 0 Å². The number of amides is 1. The quantitative estimate of drug-likeness (QED) is 0.687. The van der Waals surface area contributed by atoms with Crippen molar-refractivity contribution in [2.45, 2.75) is 25.0 Å². The van der Waals surface area contributed by atoms with E-state index in [-0.39, 0.29) is 5.91 Å². The monoisotopic (exact) mass is 363 g/mol. The Morgan fingerprint density at radius 1 is 1.36 bits per heavy atom. The van der Waals surface area contributed by atoms with Gasteiger partial charge in [0.05, 0.1) is 19.3 Å². The molecule has 0 spiro atoms. The zero-order chi connectivity index (χ0) is 18.2. The molecule has 25 heavy (non-hydrogen) atoms. The van der Waals surface area contributed by atoms with Crippen molar-refractivity contribution in [2.24, 2.45) is 0 Å². The van der Waals surface area contributed by atoms with Gasteiger partial charge in [-0.3, -0.25) is 9.36 Å². The predicted octanol–water partition coefficient (Wildman–Crippen LogP) is 1.96. The van der Waals surface area contributed by atoms with Gasteiger partial charge in [-0.25, -0.2) is 0 Å². The minimum atomic E-state index is -0.0120. The summed E-state index contributed by atoms with van der Waals surface area (Å²) in [5.41, 5.74) is 0.914. The minimum absolute atomic E-state index is 0.0120. The van der Waals surface area contributed by atoms with E-state index in [2.05, 4.69) is 20.4 Å². The van der Waals surface area contributed by atoms with Crippen LogP contribution in [0.1, 0.15) is 19.2 Å². The lowest BCUT2D eigenvalue weighted by atomic mass is 10.3. The van der Waals surface area contributed by atoms with Crippen LogP contribution in [0.25, 0.3) is 5.69 Å². The van der Waals surface area contributed by atoms with Gasteiger partial charge >= 0.3 is 0 Å². The van der Waals surface area contributed by atoms with Gasteiger partial charge in [-0.15, -0.1) is 10.2 Å². The maximum atomic E-state index is 11.6. The first-order valence-electron chi connectivity index (χ1n) is 8.18. The number of benzene rings is 1. The third kappa shape index (κ3) is 5.47. The zero-order valence-corrected chi connectivity index (χ0v) is 16.0. The van der Waals surface area contributed by atoms with Crippen molar-refractivity contribution in [3.05, 3.63) is 30.1 Å².